The van der Waals surface area contributed by atoms with Crippen molar-refractivity contribution in [3.05, 3.63) is 42.5 Å². The summed E-state index contributed by atoms with van der Waals surface area (Å²) >= 11 is 1.39. The molecular weight excluding hydrogens is 390 g/mol. The van der Waals surface area contributed by atoms with Gasteiger partial charge in [0.15, 0.2) is 5.13 Å². The fraction of sp³-hybridized carbons (Fsp3) is 0.286. The first-order valence-electron chi connectivity index (χ1n) is 9.36. The Balaban J connectivity index is 1.46. The molecule has 1 aliphatic rings. The van der Waals surface area contributed by atoms with Crippen LogP contribution < -0.4 is 19.7 Å². The van der Waals surface area contributed by atoms with Gasteiger partial charge in [0, 0.05) is 24.7 Å². The number of anilines is 2. The molecule has 1 aromatic heterocycles. The number of nitrogens with one attached hydrogen (secondary N) is 1. The van der Waals surface area contributed by atoms with Crippen molar-refractivity contribution in [2.75, 3.05) is 30.5 Å². The summed E-state index contributed by atoms with van der Waals surface area (Å²) in [6, 6.07) is 12.9. The van der Waals surface area contributed by atoms with Gasteiger partial charge in [0.1, 0.15) is 11.5 Å². The van der Waals surface area contributed by atoms with Gasteiger partial charge in [-0.1, -0.05) is 17.4 Å². The van der Waals surface area contributed by atoms with E-state index in [2.05, 4.69) is 10.3 Å². The second-order valence-electron chi connectivity index (χ2n) is 6.68. The van der Waals surface area contributed by atoms with Crippen LogP contribution in [0, 0.1) is 5.92 Å². The molecule has 0 aliphatic carbocycles. The molecule has 3 aromatic rings. The smallest absolute Gasteiger partial charge is 0.231 e. The van der Waals surface area contributed by atoms with Crippen LogP contribution in [0.2, 0.25) is 0 Å². The Morgan fingerprint density at radius 1 is 1.28 bits per heavy atom. The van der Waals surface area contributed by atoms with Gasteiger partial charge in [0.05, 0.1) is 29.9 Å². The highest BCUT2D eigenvalue weighted by Gasteiger charge is 2.35. The second-order valence-corrected chi connectivity index (χ2v) is 7.71. The van der Waals surface area contributed by atoms with Gasteiger partial charge in [-0.05, 0) is 37.3 Å². The number of rotatable bonds is 6. The third-order valence-electron chi connectivity index (χ3n) is 4.76. The lowest BCUT2D eigenvalue weighted by Crippen LogP contribution is -2.28. The van der Waals surface area contributed by atoms with Gasteiger partial charge in [-0.15, -0.1) is 0 Å². The number of carbonyl (C=O) groups is 2. The van der Waals surface area contributed by atoms with E-state index in [1.807, 2.05) is 43.3 Å². The number of hydrogen-bond acceptors (Lipinski definition) is 6. The summed E-state index contributed by atoms with van der Waals surface area (Å²) in [6.07, 6.45) is 0.169. The first-order valence-corrected chi connectivity index (χ1v) is 10.2. The van der Waals surface area contributed by atoms with Crippen LogP contribution in [0.3, 0.4) is 0 Å². The maximum absolute atomic E-state index is 12.7. The molecule has 1 atom stereocenters. The molecule has 1 unspecified atom stereocenters. The Morgan fingerprint density at radius 2 is 2.14 bits per heavy atom. The lowest BCUT2D eigenvalue weighted by Gasteiger charge is -2.17. The van der Waals surface area contributed by atoms with Gasteiger partial charge in [0.2, 0.25) is 11.8 Å². The highest BCUT2D eigenvalue weighted by Crippen LogP contribution is 2.31. The van der Waals surface area contributed by atoms with E-state index in [1.165, 1.54) is 11.3 Å². The molecule has 1 N–H and O–H groups in total. The van der Waals surface area contributed by atoms with Crippen molar-refractivity contribution >= 4 is 44.2 Å². The van der Waals surface area contributed by atoms with Crippen LogP contribution in [0.25, 0.3) is 10.2 Å². The summed E-state index contributed by atoms with van der Waals surface area (Å²) in [5, 5.41) is 3.38. The van der Waals surface area contributed by atoms with Crippen LogP contribution in [0.5, 0.6) is 11.5 Å². The van der Waals surface area contributed by atoms with E-state index in [1.54, 1.807) is 18.1 Å². The number of carbonyl (C=O) groups excluding carboxylic acids is 2. The molecule has 1 fully saturated rings. The molecule has 2 heterocycles. The minimum absolute atomic E-state index is 0.0796. The van der Waals surface area contributed by atoms with E-state index >= 15 is 0 Å². The average Bonchev–Trinajstić information content (AvgIpc) is 3.30. The lowest BCUT2D eigenvalue weighted by atomic mass is 10.1. The van der Waals surface area contributed by atoms with Crippen molar-refractivity contribution in [1.29, 1.82) is 0 Å². The molecule has 4 rings (SSSR count). The monoisotopic (exact) mass is 411 g/mol. The topological polar surface area (TPSA) is 80.8 Å². The molecule has 29 heavy (non-hydrogen) atoms. The molecule has 0 bridgehead atoms. The predicted octanol–water partition coefficient (Wildman–Crippen LogP) is 3.70. The van der Waals surface area contributed by atoms with Crippen LogP contribution in [0.15, 0.2) is 42.5 Å². The number of thiazole rings is 1. The van der Waals surface area contributed by atoms with E-state index < -0.39 is 5.92 Å². The van der Waals surface area contributed by atoms with Crippen molar-refractivity contribution in [2.24, 2.45) is 5.92 Å². The average molecular weight is 411 g/mol. The molecule has 0 spiro atoms. The zero-order valence-electron chi connectivity index (χ0n) is 16.2. The predicted molar refractivity (Wildman–Crippen MR) is 113 cm³/mol. The quantitative estimate of drug-likeness (QED) is 0.669. The first kappa shape index (κ1) is 19.2. The number of fused-ring (bicyclic) bond motifs is 1. The van der Waals surface area contributed by atoms with Crippen LogP contribution in [-0.2, 0) is 9.59 Å². The summed E-state index contributed by atoms with van der Waals surface area (Å²) < 4.78 is 11.7. The van der Waals surface area contributed by atoms with Gasteiger partial charge < -0.3 is 19.7 Å². The van der Waals surface area contributed by atoms with Crippen molar-refractivity contribution in [3.8, 4) is 11.5 Å². The number of ether oxygens (including phenoxy) is 2. The zero-order chi connectivity index (χ0) is 20.4. The van der Waals surface area contributed by atoms with Gasteiger partial charge in [-0.25, -0.2) is 4.98 Å². The fourth-order valence-corrected chi connectivity index (χ4v) is 4.23. The number of nitrogens with zero attached hydrogens (tertiary/aromatic N) is 2. The zero-order valence-corrected chi connectivity index (χ0v) is 17.0. The Hall–Kier alpha value is -3.13. The Labute approximate surface area is 172 Å². The number of amides is 2. The van der Waals surface area contributed by atoms with Gasteiger partial charge in [-0.2, -0.15) is 0 Å². The summed E-state index contributed by atoms with van der Waals surface area (Å²) in [6.45, 7) is 2.85. The maximum Gasteiger partial charge on any atom is 0.231 e. The Morgan fingerprint density at radius 3 is 2.93 bits per heavy atom. The standard InChI is InChI=1S/C21H21N3O4S/c1-3-28-16-7-8-17-18(11-16)29-21(22-17)23-20(26)13-9-19(25)24(12-13)14-5-4-6-15(10-14)27-2/h4-8,10-11,13H,3,9,12H2,1-2H3,(H,22,23,26). The van der Waals surface area contributed by atoms with E-state index in [-0.39, 0.29) is 18.2 Å². The van der Waals surface area contributed by atoms with Crippen LogP contribution in [0.4, 0.5) is 10.8 Å². The van der Waals surface area contributed by atoms with Crippen molar-refractivity contribution in [2.45, 2.75) is 13.3 Å². The van der Waals surface area contributed by atoms with Gasteiger partial charge in [-0.3, -0.25) is 9.59 Å². The Kier molecular flexibility index (Phi) is 5.35. The van der Waals surface area contributed by atoms with E-state index in [0.717, 1.165) is 21.7 Å². The molecule has 1 aliphatic heterocycles. The summed E-state index contributed by atoms with van der Waals surface area (Å²) in [4.78, 5) is 31.3. The number of hydrogen-bond donors (Lipinski definition) is 1. The molecule has 150 valence electrons. The van der Waals surface area contributed by atoms with E-state index in [0.29, 0.717) is 24.0 Å². The van der Waals surface area contributed by atoms with E-state index in [9.17, 15) is 9.59 Å². The minimum Gasteiger partial charge on any atom is -0.497 e. The van der Waals surface area contributed by atoms with Crippen LogP contribution in [-0.4, -0.2) is 37.1 Å². The number of benzene rings is 2. The Bertz CT molecular complexity index is 1070. The van der Waals surface area contributed by atoms with Gasteiger partial charge >= 0.3 is 0 Å². The molecule has 8 heteroatoms. The largest absolute Gasteiger partial charge is 0.497 e. The first-order chi connectivity index (χ1) is 14.1. The molecule has 7 nitrogen and oxygen atoms in total. The molecule has 0 saturated carbocycles. The fourth-order valence-electron chi connectivity index (χ4n) is 3.33. The molecule has 0 radical (unpaired) electrons. The third-order valence-corrected chi connectivity index (χ3v) is 5.70. The molecular formula is C21H21N3O4S. The number of aromatic nitrogens is 1. The minimum atomic E-state index is -0.431. The van der Waals surface area contributed by atoms with Gasteiger partial charge in [0.25, 0.3) is 0 Å². The summed E-state index contributed by atoms with van der Waals surface area (Å²) in [5.74, 6) is 0.734. The molecule has 2 amide bonds. The van der Waals surface area contributed by atoms with Crippen LogP contribution in [0.1, 0.15) is 13.3 Å². The normalized spacial score (nSPS) is 16.3. The lowest BCUT2D eigenvalue weighted by molar-refractivity contribution is -0.122. The van der Waals surface area contributed by atoms with Crippen molar-refractivity contribution < 1.29 is 19.1 Å². The summed E-state index contributed by atoms with van der Waals surface area (Å²) in [5.41, 5.74) is 1.53. The maximum atomic E-state index is 12.7. The number of methoxy groups -OCH3 is 1. The van der Waals surface area contributed by atoms with Crippen molar-refractivity contribution in [3.63, 3.8) is 0 Å². The summed E-state index contributed by atoms with van der Waals surface area (Å²) in [7, 11) is 1.58. The molecule has 1 saturated heterocycles. The van der Waals surface area contributed by atoms with Crippen LogP contribution >= 0.6 is 11.3 Å². The third kappa shape index (κ3) is 4.02. The van der Waals surface area contributed by atoms with E-state index in [4.69, 9.17) is 9.47 Å². The molecule has 2 aromatic carbocycles. The highest BCUT2D eigenvalue weighted by atomic mass is 32.1. The SMILES string of the molecule is CCOc1ccc2nc(NC(=O)C3CC(=O)N(c4cccc(OC)c4)C3)sc2c1. The van der Waals surface area contributed by atoms with Crippen molar-refractivity contribution in [1.82, 2.24) is 4.98 Å². The highest BCUT2D eigenvalue weighted by molar-refractivity contribution is 7.22. The second kappa shape index (κ2) is 8.08.